The van der Waals surface area contributed by atoms with Gasteiger partial charge in [-0.05, 0) is 12.0 Å². The number of nitrogens with zero attached hydrogens (tertiary/aromatic N) is 3. The monoisotopic (exact) mass is 269 g/mol. The lowest BCUT2D eigenvalue weighted by Crippen LogP contribution is -2.24. The van der Waals surface area contributed by atoms with Gasteiger partial charge in [-0.3, -0.25) is 4.79 Å². The summed E-state index contributed by atoms with van der Waals surface area (Å²) < 4.78 is 3.32. The standard InChI is InChI=1S/C10H12BrN3O/c1-8(6-11)7-13-4-5-14-9(10(13)15)2-3-12-14/h2-5,8H,6-7H2,1H3. The van der Waals surface area contributed by atoms with Gasteiger partial charge in [0.15, 0.2) is 0 Å². The fraction of sp³-hybridized carbons (Fsp3) is 0.400. The van der Waals surface area contributed by atoms with Gasteiger partial charge in [-0.25, -0.2) is 4.52 Å². The normalized spacial score (nSPS) is 13.2. The summed E-state index contributed by atoms with van der Waals surface area (Å²) in [7, 11) is 0. The van der Waals surface area contributed by atoms with E-state index in [9.17, 15) is 4.79 Å². The summed E-state index contributed by atoms with van der Waals surface area (Å²) >= 11 is 3.41. The summed E-state index contributed by atoms with van der Waals surface area (Å²) in [5, 5.41) is 4.91. The fourth-order valence-corrected chi connectivity index (χ4v) is 1.69. The van der Waals surface area contributed by atoms with E-state index >= 15 is 0 Å². The highest BCUT2D eigenvalue weighted by molar-refractivity contribution is 9.09. The Morgan fingerprint density at radius 3 is 3.07 bits per heavy atom. The van der Waals surface area contributed by atoms with Crippen molar-refractivity contribution in [3.8, 4) is 0 Å². The molecule has 5 heteroatoms. The Labute approximate surface area is 95.7 Å². The zero-order valence-corrected chi connectivity index (χ0v) is 10.0. The molecule has 0 aliphatic heterocycles. The number of fused-ring (bicyclic) bond motifs is 1. The van der Waals surface area contributed by atoms with Crippen molar-refractivity contribution in [2.45, 2.75) is 13.5 Å². The molecule has 80 valence electrons. The van der Waals surface area contributed by atoms with Crippen LogP contribution in [-0.4, -0.2) is 19.5 Å². The second-order valence-corrected chi connectivity index (χ2v) is 4.32. The number of hydrogen-bond acceptors (Lipinski definition) is 2. The van der Waals surface area contributed by atoms with Crippen molar-refractivity contribution in [1.29, 1.82) is 0 Å². The third kappa shape index (κ3) is 1.97. The maximum atomic E-state index is 11.9. The molecule has 0 aliphatic rings. The highest BCUT2D eigenvalue weighted by Crippen LogP contribution is 2.03. The second-order valence-electron chi connectivity index (χ2n) is 3.68. The van der Waals surface area contributed by atoms with E-state index in [2.05, 4.69) is 28.0 Å². The minimum atomic E-state index is 0.0165. The molecule has 0 fully saturated rings. The van der Waals surface area contributed by atoms with Crippen LogP contribution in [0.5, 0.6) is 0 Å². The molecular formula is C10H12BrN3O. The van der Waals surface area contributed by atoms with E-state index in [4.69, 9.17) is 0 Å². The van der Waals surface area contributed by atoms with Gasteiger partial charge in [0, 0.05) is 24.3 Å². The first-order valence-corrected chi connectivity index (χ1v) is 5.93. The van der Waals surface area contributed by atoms with E-state index in [1.807, 2.05) is 0 Å². The Hall–Kier alpha value is -1.10. The van der Waals surface area contributed by atoms with Gasteiger partial charge < -0.3 is 4.57 Å². The summed E-state index contributed by atoms with van der Waals surface area (Å²) in [6, 6.07) is 1.73. The number of rotatable bonds is 3. The van der Waals surface area contributed by atoms with Crippen molar-refractivity contribution >= 4 is 21.4 Å². The smallest absolute Gasteiger partial charge is 0.276 e. The van der Waals surface area contributed by atoms with Crippen LogP contribution in [0.1, 0.15) is 6.92 Å². The number of hydrogen-bond donors (Lipinski definition) is 0. The van der Waals surface area contributed by atoms with Gasteiger partial charge in [-0.15, -0.1) is 0 Å². The summed E-state index contributed by atoms with van der Waals surface area (Å²) in [6.45, 7) is 2.83. The lowest BCUT2D eigenvalue weighted by Gasteiger charge is -2.10. The zero-order chi connectivity index (χ0) is 10.8. The first-order chi connectivity index (χ1) is 7.22. The predicted molar refractivity (Wildman–Crippen MR) is 62.4 cm³/mol. The van der Waals surface area contributed by atoms with Gasteiger partial charge in [-0.1, -0.05) is 22.9 Å². The molecule has 0 spiro atoms. The number of alkyl halides is 1. The lowest BCUT2D eigenvalue weighted by molar-refractivity contribution is 0.519. The summed E-state index contributed by atoms with van der Waals surface area (Å²) in [5.74, 6) is 0.438. The number of aromatic nitrogens is 3. The van der Waals surface area contributed by atoms with E-state index < -0.39 is 0 Å². The van der Waals surface area contributed by atoms with Crippen molar-refractivity contribution in [2.75, 3.05) is 5.33 Å². The fourth-order valence-electron chi connectivity index (χ4n) is 1.49. The van der Waals surface area contributed by atoms with Crippen LogP contribution in [0.4, 0.5) is 0 Å². The molecule has 15 heavy (non-hydrogen) atoms. The van der Waals surface area contributed by atoms with Crippen molar-refractivity contribution in [1.82, 2.24) is 14.2 Å². The molecule has 0 radical (unpaired) electrons. The quantitative estimate of drug-likeness (QED) is 0.793. The predicted octanol–water partition coefficient (Wildman–Crippen LogP) is 1.53. The molecule has 4 nitrogen and oxygen atoms in total. The summed E-state index contributed by atoms with van der Waals surface area (Å²) in [6.07, 6.45) is 5.22. The van der Waals surface area contributed by atoms with Gasteiger partial charge in [0.25, 0.3) is 5.56 Å². The SMILES string of the molecule is CC(CBr)Cn1ccn2nccc2c1=O. The second kappa shape index (κ2) is 4.18. The molecule has 0 N–H and O–H groups in total. The van der Waals surface area contributed by atoms with Gasteiger partial charge in [0.2, 0.25) is 0 Å². The highest BCUT2D eigenvalue weighted by Gasteiger charge is 2.06. The van der Waals surface area contributed by atoms with E-state index in [1.165, 1.54) is 0 Å². The van der Waals surface area contributed by atoms with E-state index in [-0.39, 0.29) is 5.56 Å². The van der Waals surface area contributed by atoms with E-state index in [0.717, 1.165) is 11.9 Å². The molecule has 0 saturated heterocycles. The summed E-state index contributed by atoms with van der Waals surface area (Å²) in [5.41, 5.74) is 0.641. The minimum Gasteiger partial charge on any atom is -0.312 e. The molecule has 2 aromatic rings. The maximum absolute atomic E-state index is 11.9. The van der Waals surface area contributed by atoms with Crippen molar-refractivity contribution in [2.24, 2.45) is 5.92 Å². The molecular weight excluding hydrogens is 258 g/mol. The van der Waals surface area contributed by atoms with Gasteiger partial charge in [0.1, 0.15) is 5.52 Å². The van der Waals surface area contributed by atoms with Gasteiger partial charge in [-0.2, -0.15) is 5.10 Å². The molecule has 1 atom stereocenters. The molecule has 0 amide bonds. The molecule has 2 aromatic heterocycles. The molecule has 0 saturated carbocycles. The van der Waals surface area contributed by atoms with Gasteiger partial charge in [0.05, 0.1) is 6.20 Å². The van der Waals surface area contributed by atoms with Crippen LogP contribution in [0, 0.1) is 5.92 Å². The van der Waals surface area contributed by atoms with E-state index in [0.29, 0.717) is 11.4 Å². The third-order valence-electron chi connectivity index (χ3n) is 2.31. The van der Waals surface area contributed by atoms with Crippen LogP contribution >= 0.6 is 15.9 Å². The average Bonchev–Trinajstić information content (AvgIpc) is 2.70. The van der Waals surface area contributed by atoms with Crippen LogP contribution in [0.15, 0.2) is 29.5 Å². The first-order valence-electron chi connectivity index (χ1n) is 4.81. The van der Waals surface area contributed by atoms with Crippen LogP contribution in [-0.2, 0) is 6.54 Å². The van der Waals surface area contributed by atoms with Crippen LogP contribution in [0.3, 0.4) is 0 Å². The zero-order valence-electron chi connectivity index (χ0n) is 8.43. The van der Waals surface area contributed by atoms with Crippen molar-refractivity contribution in [3.63, 3.8) is 0 Å². The Morgan fingerprint density at radius 2 is 2.33 bits per heavy atom. The average molecular weight is 270 g/mol. The Bertz CT molecular complexity index is 517. The highest BCUT2D eigenvalue weighted by atomic mass is 79.9. The third-order valence-corrected chi connectivity index (χ3v) is 3.42. The van der Waals surface area contributed by atoms with Crippen molar-refractivity contribution < 1.29 is 0 Å². The molecule has 0 aliphatic carbocycles. The first kappa shape index (κ1) is 10.4. The molecule has 1 unspecified atom stereocenters. The van der Waals surface area contributed by atoms with E-state index in [1.54, 1.807) is 33.7 Å². The molecule has 0 bridgehead atoms. The Balaban J connectivity index is 2.44. The van der Waals surface area contributed by atoms with Gasteiger partial charge >= 0.3 is 0 Å². The topological polar surface area (TPSA) is 39.3 Å². The largest absolute Gasteiger partial charge is 0.312 e. The minimum absolute atomic E-state index is 0.0165. The van der Waals surface area contributed by atoms with Crippen LogP contribution in [0.25, 0.3) is 5.52 Å². The molecule has 2 rings (SSSR count). The Morgan fingerprint density at radius 1 is 1.53 bits per heavy atom. The Kier molecular flexibility index (Phi) is 2.90. The maximum Gasteiger partial charge on any atom is 0.276 e. The van der Waals surface area contributed by atoms with Crippen LogP contribution in [0.2, 0.25) is 0 Å². The molecule has 2 heterocycles. The summed E-state index contributed by atoms with van der Waals surface area (Å²) in [4.78, 5) is 11.9. The molecule has 0 aromatic carbocycles. The lowest BCUT2D eigenvalue weighted by atomic mass is 10.2. The number of halogens is 1. The van der Waals surface area contributed by atoms with Crippen LogP contribution < -0.4 is 5.56 Å². The van der Waals surface area contributed by atoms with Crippen molar-refractivity contribution in [3.05, 3.63) is 35.0 Å².